The summed E-state index contributed by atoms with van der Waals surface area (Å²) in [5.41, 5.74) is 7.90. The Hall–Kier alpha value is -1.06. The molecular weight excluding hydrogens is 202 g/mol. The molecule has 1 rings (SSSR count). The first kappa shape index (κ1) is 13.0. The van der Waals surface area contributed by atoms with Gasteiger partial charge in [-0.1, -0.05) is 6.07 Å². The zero-order valence-corrected chi connectivity index (χ0v) is 10.2. The van der Waals surface area contributed by atoms with Gasteiger partial charge in [0.2, 0.25) is 0 Å². The molecule has 0 unspecified atom stereocenters. The predicted molar refractivity (Wildman–Crippen MR) is 65.7 cm³/mol. The molecule has 0 aliphatic rings. The first-order chi connectivity index (χ1) is 7.81. The van der Waals surface area contributed by atoms with Crippen molar-refractivity contribution < 1.29 is 9.47 Å². The Morgan fingerprint density at radius 1 is 1.19 bits per heavy atom. The van der Waals surface area contributed by atoms with Crippen LogP contribution in [0, 0.1) is 0 Å². The van der Waals surface area contributed by atoms with Crippen LogP contribution in [0.1, 0.15) is 24.0 Å². The highest BCUT2D eigenvalue weighted by molar-refractivity contribution is 5.36. The molecule has 3 heteroatoms. The molecule has 3 nitrogen and oxygen atoms in total. The first-order valence-corrected chi connectivity index (χ1v) is 5.66. The Labute approximate surface area is 97.6 Å². The quantitative estimate of drug-likeness (QED) is 0.720. The van der Waals surface area contributed by atoms with E-state index in [0.29, 0.717) is 6.61 Å². The lowest BCUT2D eigenvalue weighted by atomic mass is 10.0. The van der Waals surface area contributed by atoms with E-state index in [0.717, 1.165) is 37.1 Å². The van der Waals surface area contributed by atoms with Crippen molar-refractivity contribution in [2.75, 3.05) is 20.8 Å². The molecule has 0 atom stereocenters. The number of ether oxygens (including phenoxy) is 2. The molecular formula is C13H21NO2. The third-order valence-corrected chi connectivity index (χ3v) is 2.56. The standard InChI is InChI=1S/C13H21NO2/c1-15-10-12-9-11(5-3-4-8-14)6-7-13(12)16-2/h6-7,9H,3-5,8,10,14H2,1-2H3. The number of hydrogen-bond acceptors (Lipinski definition) is 3. The highest BCUT2D eigenvalue weighted by Gasteiger charge is 2.04. The highest BCUT2D eigenvalue weighted by atomic mass is 16.5. The molecule has 0 aliphatic heterocycles. The van der Waals surface area contributed by atoms with Crippen molar-refractivity contribution in [3.8, 4) is 5.75 Å². The average molecular weight is 223 g/mol. The number of hydrogen-bond donors (Lipinski definition) is 1. The largest absolute Gasteiger partial charge is 0.496 e. The van der Waals surface area contributed by atoms with Gasteiger partial charge in [-0.05, 0) is 43.5 Å². The molecule has 16 heavy (non-hydrogen) atoms. The fourth-order valence-corrected chi connectivity index (χ4v) is 1.73. The van der Waals surface area contributed by atoms with Gasteiger partial charge in [-0.3, -0.25) is 0 Å². The Kier molecular flexibility index (Phi) is 5.90. The molecule has 1 aromatic carbocycles. The van der Waals surface area contributed by atoms with Crippen LogP contribution in [0.5, 0.6) is 5.75 Å². The first-order valence-electron chi connectivity index (χ1n) is 5.66. The van der Waals surface area contributed by atoms with Crippen LogP contribution < -0.4 is 10.5 Å². The molecule has 90 valence electrons. The van der Waals surface area contributed by atoms with Crippen LogP contribution in [0.15, 0.2) is 18.2 Å². The van der Waals surface area contributed by atoms with Gasteiger partial charge in [0.25, 0.3) is 0 Å². The maximum absolute atomic E-state index is 5.48. The number of rotatable bonds is 7. The number of unbranched alkanes of at least 4 members (excludes halogenated alkanes) is 1. The smallest absolute Gasteiger partial charge is 0.124 e. The van der Waals surface area contributed by atoms with E-state index < -0.39 is 0 Å². The van der Waals surface area contributed by atoms with Crippen LogP contribution in [-0.4, -0.2) is 20.8 Å². The molecule has 2 N–H and O–H groups in total. The Balaban J connectivity index is 2.68. The Bertz CT molecular complexity index is 313. The molecule has 0 amide bonds. The summed E-state index contributed by atoms with van der Waals surface area (Å²) in [6.07, 6.45) is 3.28. The van der Waals surface area contributed by atoms with E-state index in [1.165, 1.54) is 5.56 Å². The van der Waals surface area contributed by atoms with Crippen molar-refractivity contribution >= 4 is 0 Å². The molecule has 0 fully saturated rings. The van der Waals surface area contributed by atoms with Crippen molar-refractivity contribution in [2.24, 2.45) is 5.73 Å². The van der Waals surface area contributed by atoms with Gasteiger partial charge in [0.05, 0.1) is 13.7 Å². The van der Waals surface area contributed by atoms with Gasteiger partial charge >= 0.3 is 0 Å². The van der Waals surface area contributed by atoms with E-state index in [-0.39, 0.29) is 0 Å². The number of benzene rings is 1. The van der Waals surface area contributed by atoms with Crippen molar-refractivity contribution in [1.29, 1.82) is 0 Å². The van der Waals surface area contributed by atoms with E-state index >= 15 is 0 Å². The third-order valence-electron chi connectivity index (χ3n) is 2.56. The van der Waals surface area contributed by atoms with Crippen LogP contribution in [0.4, 0.5) is 0 Å². The lowest BCUT2D eigenvalue weighted by Crippen LogP contribution is -2.00. The van der Waals surface area contributed by atoms with Crippen LogP contribution in [0.3, 0.4) is 0 Å². The second-order valence-electron chi connectivity index (χ2n) is 3.82. The third kappa shape index (κ3) is 3.83. The van der Waals surface area contributed by atoms with Gasteiger partial charge in [-0.15, -0.1) is 0 Å². The molecule has 0 bridgehead atoms. The van der Waals surface area contributed by atoms with Gasteiger partial charge < -0.3 is 15.2 Å². The predicted octanol–water partition coefficient (Wildman–Crippen LogP) is 2.12. The number of aryl methyl sites for hydroxylation is 1. The monoisotopic (exact) mass is 223 g/mol. The number of methoxy groups -OCH3 is 2. The second-order valence-corrected chi connectivity index (χ2v) is 3.82. The van der Waals surface area contributed by atoms with Gasteiger partial charge in [-0.2, -0.15) is 0 Å². The normalized spacial score (nSPS) is 10.4. The summed E-state index contributed by atoms with van der Waals surface area (Å²) >= 11 is 0. The van der Waals surface area contributed by atoms with Gasteiger partial charge in [-0.25, -0.2) is 0 Å². The highest BCUT2D eigenvalue weighted by Crippen LogP contribution is 2.21. The minimum Gasteiger partial charge on any atom is -0.496 e. The Morgan fingerprint density at radius 2 is 2.00 bits per heavy atom. The lowest BCUT2D eigenvalue weighted by molar-refractivity contribution is 0.181. The average Bonchev–Trinajstić information content (AvgIpc) is 2.30. The molecule has 0 radical (unpaired) electrons. The summed E-state index contributed by atoms with van der Waals surface area (Å²) < 4.78 is 10.4. The van der Waals surface area contributed by atoms with Crippen molar-refractivity contribution in [1.82, 2.24) is 0 Å². The second kappa shape index (κ2) is 7.25. The summed E-state index contributed by atoms with van der Waals surface area (Å²) in [7, 11) is 3.38. The van der Waals surface area contributed by atoms with Crippen molar-refractivity contribution in [3.05, 3.63) is 29.3 Å². The van der Waals surface area contributed by atoms with Crippen LogP contribution in [0.2, 0.25) is 0 Å². The summed E-state index contributed by atoms with van der Waals surface area (Å²) in [6, 6.07) is 6.26. The minimum atomic E-state index is 0.591. The molecule has 1 aromatic rings. The summed E-state index contributed by atoms with van der Waals surface area (Å²) in [4.78, 5) is 0. The van der Waals surface area contributed by atoms with Crippen LogP contribution in [-0.2, 0) is 17.8 Å². The minimum absolute atomic E-state index is 0.591. The van der Waals surface area contributed by atoms with Gasteiger partial charge in [0.15, 0.2) is 0 Å². The van der Waals surface area contributed by atoms with Crippen molar-refractivity contribution in [3.63, 3.8) is 0 Å². The molecule has 0 heterocycles. The molecule has 0 saturated heterocycles. The van der Waals surface area contributed by atoms with E-state index in [4.69, 9.17) is 15.2 Å². The topological polar surface area (TPSA) is 44.5 Å². The SMILES string of the molecule is COCc1cc(CCCCN)ccc1OC. The zero-order chi connectivity index (χ0) is 11.8. The maximum Gasteiger partial charge on any atom is 0.124 e. The molecule has 0 spiro atoms. The van der Waals surface area contributed by atoms with Crippen LogP contribution in [0.25, 0.3) is 0 Å². The van der Waals surface area contributed by atoms with E-state index in [1.54, 1.807) is 14.2 Å². The molecule has 0 saturated carbocycles. The molecule has 0 aliphatic carbocycles. The number of nitrogens with two attached hydrogens (primary N) is 1. The van der Waals surface area contributed by atoms with Crippen molar-refractivity contribution in [2.45, 2.75) is 25.9 Å². The summed E-state index contributed by atoms with van der Waals surface area (Å²) in [5, 5.41) is 0. The van der Waals surface area contributed by atoms with Crippen LogP contribution >= 0.6 is 0 Å². The Morgan fingerprint density at radius 3 is 2.62 bits per heavy atom. The fourth-order valence-electron chi connectivity index (χ4n) is 1.73. The lowest BCUT2D eigenvalue weighted by Gasteiger charge is -2.10. The van der Waals surface area contributed by atoms with E-state index in [2.05, 4.69) is 12.1 Å². The zero-order valence-electron chi connectivity index (χ0n) is 10.2. The molecule has 0 aromatic heterocycles. The van der Waals surface area contributed by atoms with E-state index in [1.807, 2.05) is 6.07 Å². The van der Waals surface area contributed by atoms with Gasteiger partial charge in [0.1, 0.15) is 5.75 Å². The van der Waals surface area contributed by atoms with E-state index in [9.17, 15) is 0 Å². The fraction of sp³-hybridized carbons (Fsp3) is 0.538. The maximum atomic E-state index is 5.48. The van der Waals surface area contributed by atoms with Gasteiger partial charge in [0, 0.05) is 12.7 Å². The summed E-state index contributed by atoms with van der Waals surface area (Å²) in [6.45, 7) is 1.36. The summed E-state index contributed by atoms with van der Waals surface area (Å²) in [5.74, 6) is 0.893.